The number of aliphatic imine (C=N–C) groups is 1. The number of methoxy groups -OCH3 is 1. The molecule has 1 saturated carbocycles. The Labute approximate surface area is 142 Å². The first-order valence-electron chi connectivity index (χ1n) is 8.39. The lowest BCUT2D eigenvalue weighted by Gasteiger charge is -2.40. The molecule has 0 unspecified atom stereocenters. The third-order valence-corrected chi connectivity index (χ3v) is 5.21. The van der Waals surface area contributed by atoms with E-state index in [-0.39, 0.29) is 5.41 Å². The first-order chi connectivity index (χ1) is 11.7. The maximum Gasteiger partial charge on any atom is 0.143 e. The molecule has 0 radical (unpaired) electrons. The number of likely N-dealkylation sites (N-methyl/N-ethyl adjacent to an activating group) is 1. The van der Waals surface area contributed by atoms with Gasteiger partial charge in [-0.3, -0.25) is 0 Å². The van der Waals surface area contributed by atoms with Crippen LogP contribution in [0.25, 0.3) is 5.69 Å². The summed E-state index contributed by atoms with van der Waals surface area (Å²) in [6.45, 7) is 0.741. The minimum atomic E-state index is 0.0715. The Morgan fingerprint density at radius 1 is 1.29 bits per heavy atom. The van der Waals surface area contributed by atoms with Crippen LogP contribution in [-0.4, -0.2) is 36.6 Å². The van der Waals surface area contributed by atoms with E-state index in [1.165, 1.54) is 12.0 Å². The average Bonchev–Trinajstić information content (AvgIpc) is 3.14. The Hall–Kier alpha value is -2.34. The zero-order valence-corrected chi connectivity index (χ0v) is 14.4. The smallest absolute Gasteiger partial charge is 0.143 e. The summed E-state index contributed by atoms with van der Waals surface area (Å²) in [6, 6.07) is 4.28. The second-order valence-electron chi connectivity index (χ2n) is 6.49. The van der Waals surface area contributed by atoms with Crippen molar-refractivity contribution in [3.8, 4) is 11.4 Å². The molecule has 4 rings (SSSR count). The minimum absolute atomic E-state index is 0.0715. The highest BCUT2D eigenvalue weighted by molar-refractivity contribution is 6.01. The monoisotopic (exact) mass is 325 g/mol. The molecule has 0 bridgehead atoms. The van der Waals surface area contributed by atoms with E-state index in [2.05, 4.69) is 27.8 Å². The molecule has 2 aromatic rings. The SMILES string of the molecule is CNCc1cn(-c2cc3c(cc2OC)C2(CCC2)C(NC)=N3)cn1. The fourth-order valence-corrected chi connectivity index (χ4v) is 3.85. The molecule has 126 valence electrons. The van der Waals surface area contributed by atoms with Crippen molar-refractivity contribution < 1.29 is 4.74 Å². The number of amidine groups is 1. The highest BCUT2D eigenvalue weighted by Crippen LogP contribution is 2.53. The van der Waals surface area contributed by atoms with Crippen molar-refractivity contribution in [3.63, 3.8) is 0 Å². The average molecular weight is 325 g/mol. The summed E-state index contributed by atoms with van der Waals surface area (Å²) in [5.74, 6) is 1.95. The van der Waals surface area contributed by atoms with E-state index >= 15 is 0 Å². The minimum Gasteiger partial charge on any atom is -0.495 e. The third-order valence-electron chi connectivity index (χ3n) is 5.21. The van der Waals surface area contributed by atoms with Gasteiger partial charge in [-0.05, 0) is 37.6 Å². The van der Waals surface area contributed by atoms with Gasteiger partial charge in [0.1, 0.15) is 11.6 Å². The van der Waals surface area contributed by atoms with Crippen molar-refractivity contribution in [1.82, 2.24) is 20.2 Å². The zero-order chi connectivity index (χ0) is 16.7. The van der Waals surface area contributed by atoms with E-state index in [0.29, 0.717) is 0 Å². The Morgan fingerprint density at radius 3 is 2.75 bits per heavy atom. The highest BCUT2D eigenvalue weighted by Gasteiger charge is 2.48. The lowest BCUT2D eigenvalue weighted by Crippen LogP contribution is -2.45. The Morgan fingerprint density at radius 2 is 2.12 bits per heavy atom. The van der Waals surface area contributed by atoms with Gasteiger partial charge in [0.15, 0.2) is 0 Å². The van der Waals surface area contributed by atoms with Crippen LogP contribution in [0.4, 0.5) is 5.69 Å². The zero-order valence-electron chi connectivity index (χ0n) is 14.4. The molecular weight excluding hydrogens is 302 g/mol. The lowest BCUT2D eigenvalue weighted by atomic mass is 9.64. The van der Waals surface area contributed by atoms with Crippen LogP contribution in [0.1, 0.15) is 30.5 Å². The predicted molar refractivity (Wildman–Crippen MR) is 94.6 cm³/mol. The van der Waals surface area contributed by atoms with Gasteiger partial charge in [-0.1, -0.05) is 6.42 Å². The Kier molecular flexibility index (Phi) is 3.57. The lowest BCUT2D eigenvalue weighted by molar-refractivity contribution is 0.338. The molecule has 24 heavy (non-hydrogen) atoms. The van der Waals surface area contributed by atoms with E-state index < -0.39 is 0 Å². The Bertz CT molecular complexity index is 804. The topological polar surface area (TPSA) is 63.5 Å². The first-order valence-corrected chi connectivity index (χ1v) is 8.39. The van der Waals surface area contributed by atoms with Crippen molar-refractivity contribution in [2.75, 3.05) is 21.2 Å². The summed E-state index contributed by atoms with van der Waals surface area (Å²) < 4.78 is 7.70. The molecule has 0 amide bonds. The maximum absolute atomic E-state index is 5.69. The van der Waals surface area contributed by atoms with Crippen molar-refractivity contribution >= 4 is 11.5 Å². The summed E-state index contributed by atoms with van der Waals surface area (Å²) in [7, 11) is 5.60. The molecule has 2 N–H and O–H groups in total. The van der Waals surface area contributed by atoms with Gasteiger partial charge >= 0.3 is 0 Å². The van der Waals surface area contributed by atoms with Gasteiger partial charge in [0.2, 0.25) is 0 Å². The van der Waals surface area contributed by atoms with E-state index in [1.807, 2.05) is 31.2 Å². The van der Waals surface area contributed by atoms with Crippen LogP contribution < -0.4 is 15.4 Å². The largest absolute Gasteiger partial charge is 0.495 e. The number of benzene rings is 1. The number of imidazole rings is 1. The molecule has 1 aromatic carbocycles. The van der Waals surface area contributed by atoms with Crippen LogP contribution in [0.2, 0.25) is 0 Å². The Balaban J connectivity index is 1.81. The second kappa shape index (κ2) is 5.63. The van der Waals surface area contributed by atoms with Crippen LogP contribution in [0.5, 0.6) is 5.75 Å². The molecule has 2 heterocycles. The van der Waals surface area contributed by atoms with Crippen LogP contribution in [0, 0.1) is 0 Å². The van der Waals surface area contributed by atoms with Crippen molar-refractivity contribution in [2.45, 2.75) is 31.2 Å². The van der Waals surface area contributed by atoms with Gasteiger partial charge in [-0.25, -0.2) is 9.98 Å². The summed E-state index contributed by atoms with van der Waals surface area (Å²) in [6.07, 6.45) is 7.41. The number of rotatable bonds is 4. The number of nitrogens with zero attached hydrogens (tertiary/aromatic N) is 3. The van der Waals surface area contributed by atoms with Crippen molar-refractivity contribution in [3.05, 3.63) is 35.9 Å². The maximum atomic E-state index is 5.69. The highest BCUT2D eigenvalue weighted by atomic mass is 16.5. The molecule has 1 aliphatic heterocycles. The molecule has 0 saturated heterocycles. The number of nitrogens with one attached hydrogen (secondary N) is 2. The van der Waals surface area contributed by atoms with E-state index in [0.717, 1.165) is 48.0 Å². The summed E-state index contributed by atoms with van der Waals surface area (Å²) in [5.41, 5.74) is 4.37. The fraction of sp³-hybridized carbons (Fsp3) is 0.444. The summed E-state index contributed by atoms with van der Waals surface area (Å²) in [5, 5.41) is 6.42. The first kappa shape index (κ1) is 15.2. The van der Waals surface area contributed by atoms with Crippen molar-refractivity contribution in [2.24, 2.45) is 4.99 Å². The third kappa shape index (κ3) is 2.06. The van der Waals surface area contributed by atoms with Gasteiger partial charge in [-0.2, -0.15) is 0 Å². The van der Waals surface area contributed by atoms with Crippen molar-refractivity contribution in [1.29, 1.82) is 0 Å². The summed E-state index contributed by atoms with van der Waals surface area (Å²) in [4.78, 5) is 9.29. The predicted octanol–water partition coefficient (Wildman–Crippen LogP) is 2.29. The number of aromatic nitrogens is 2. The molecule has 1 aromatic heterocycles. The normalized spacial score (nSPS) is 17.4. The molecule has 2 aliphatic rings. The molecule has 6 nitrogen and oxygen atoms in total. The van der Waals surface area contributed by atoms with Crippen LogP contribution in [-0.2, 0) is 12.0 Å². The molecule has 1 aliphatic carbocycles. The van der Waals surface area contributed by atoms with E-state index in [1.54, 1.807) is 7.11 Å². The molecular formula is C18H23N5O. The number of fused-ring (bicyclic) bond motifs is 2. The molecule has 1 spiro atoms. The second-order valence-corrected chi connectivity index (χ2v) is 6.49. The van der Waals surface area contributed by atoms with Gasteiger partial charge in [0.05, 0.1) is 35.9 Å². The number of hydrogen-bond acceptors (Lipinski definition) is 5. The molecule has 6 heteroatoms. The fourth-order valence-electron chi connectivity index (χ4n) is 3.85. The number of hydrogen-bond donors (Lipinski definition) is 2. The summed E-state index contributed by atoms with van der Waals surface area (Å²) >= 11 is 0. The van der Waals surface area contributed by atoms with E-state index in [4.69, 9.17) is 9.73 Å². The van der Waals surface area contributed by atoms with Gasteiger partial charge in [-0.15, -0.1) is 0 Å². The van der Waals surface area contributed by atoms with Gasteiger partial charge in [0, 0.05) is 19.8 Å². The molecule has 1 fully saturated rings. The molecule has 0 atom stereocenters. The standard InChI is InChI=1S/C18H23N5O/c1-19-9-12-10-23(11-21-12)15-8-14-13(7-16(15)24-3)18(5-4-6-18)17(20-2)22-14/h7-8,10-11,19H,4-6,9H2,1-3H3,(H,20,22). The van der Waals surface area contributed by atoms with E-state index in [9.17, 15) is 0 Å². The quantitative estimate of drug-likeness (QED) is 0.905. The van der Waals surface area contributed by atoms with Crippen LogP contribution in [0.3, 0.4) is 0 Å². The van der Waals surface area contributed by atoms with Crippen LogP contribution in [0.15, 0.2) is 29.6 Å². The number of ether oxygens (including phenoxy) is 1. The van der Waals surface area contributed by atoms with Gasteiger partial charge in [0.25, 0.3) is 0 Å². The van der Waals surface area contributed by atoms with Gasteiger partial charge < -0.3 is 19.9 Å². The van der Waals surface area contributed by atoms with Crippen LogP contribution >= 0.6 is 0 Å².